The van der Waals surface area contributed by atoms with E-state index in [1.54, 1.807) is 0 Å². The number of nitrogens with one attached hydrogen (secondary N) is 1. The van der Waals surface area contributed by atoms with Crippen molar-refractivity contribution in [3.05, 3.63) is 35.9 Å². The quantitative estimate of drug-likeness (QED) is 0.464. The van der Waals surface area contributed by atoms with Crippen LogP contribution in [0.4, 0.5) is 0 Å². The number of esters is 1. The standard InChI is InChI=1S/C20H31NO3Si/c1-20(2,3)24-19(23)14-17(12-13-25(4,5)6)21-18(15-22)16-10-8-7-9-11-16/h7-11,17-18,21-22H,14-15H2,1-6H3/t17-,18-/m1/s1. The van der Waals surface area contributed by atoms with Crippen LogP contribution in [0.1, 0.15) is 38.8 Å². The Balaban J connectivity index is 2.93. The molecule has 138 valence electrons. The van der Waals surface area contributed by atoms with Crippen molar-refractivity contribution in [2.75, 3.05) is 6.61 Å². The number of hydrogen-bond donors (Lipinski definition) is 2. The number of aliphatic hydroxyl groups excluding tert-OH is 1. The van der Waals surface area contributed by atoms with Crippen LogP contribution in [0.25, 0.3) is 0 Å². The molecule has 0 fully saturated rings. The first kappa shape index (κ1) is 21.4. The van der Waals surface area contributed by atoms with Gasteiger partial charge in [-0.2, -0.15) is 0 Å². The van der Waals surface area contributed by atoms with Crippen LogP contribution in [0.2, 0.25) is 19.6 Å². The molecule has 0 radical (unpaired) electrons. The molecule has 0 saturated carbocycles. The van der Waals surface area contributed by atoms with Crippen LogP contribution in [-0.4, -0.2) is 37.4 Å². The van der Waals surface area contributed by atoms with E-state index in [1.165, 1.54) is 0 Å². The molecular weight excluding hydrogens is 330 g/mol. The monoisotopic (exact) mass is 361 g/mol. The molecule has 0 heterocycles. The zero-order valence-corrected chi connectivity index (χ0v) is 17.2. The van der Waals surface area contributed by atoms with Crippen LogP contribution >= 0.6 is 0 Å². The molecule has 5 heteroatoms. The molecule has 0 amide bonds. The maximum atomic E-state index is 12.2. The van der Waals surface area contributed by atoms with E-state index in [0.29, 0.717) is 0 Å². The first-order valence-corrected chi connectivity index (χ1v) is 12.2. The van der Waals surface area contributed by atoms with Gasteiger partial charge in [-0.25, -0.2) is 0 Å². The number of carbonyl (C=O) groups excluding carboxylic acids is 1. The number of ether oxygens (including phenoxy) is 1. The predicted molar refractivity (Wildman–Crippen MR) is 105 cm³/mol. The van der Waals surface area contributed by atoms with E-state index in [2.05, 4.69) is 36.4 Å². The number of carbonyl (C=O) groups is 1. The maximum Gasteiger partial charge on any atom is 0.308 e. The second kappa shape index (κ2) is 9.19. The summed E-state index contributed by atoms with van der Waals surface area (Å²) in [5.74, 6) is 2.91. The second-order valence-electron chi connectivity index (χ2n) is 8.18. The summed E-state index contributed by atoms with van der Waals surface area (Å²) >= 11 is 0. The lowest BCUT2D eigenvalue weighted by Gasteiger charge is -2.24. The van der Waals surface area contributed by atoms with Crippen LogP contribution in [0.5, 0.6) is 0 Å². The van der Waals surface area contributed by atoms with Gasteiger partial charge in [-0.05, 0) is 26.3 Å². The first-order chi connectivity index (χ1) is 11.5. The summed E-state index contributed by atoms with van der Waals surface area (Å²) in [5, 5.41) is 13.1. The van der Waals surface area contributed by atoms with Gasteiger partial charge >= 0.3 is 5.97 Å². The molecule has 0 saturated heterocycles. The normalized spacial score (nSPS) is 14.2. The molecule has 4 nitrogen and oxygen atoms in total. The zero-order chi connectivity index (χ0) is 19.1. The Hall–Kier alpha value is -1.61. The van der Waals surface area contributed by atoms with Crippen molar-refractivity contribution >= 4 is 14.0 Å². The Labute approximate surface area is 153 Å². The van der Waals surface area contributed by atoms with Gasteiger partial charge in [0.15, 0.2) is 0 Å². The van der Waals surface area contributed by atoms with Gasteiger partial charge in [-0.1, -0.05) is 55.9 Å². The Morgan fingerprint density at radius 1 is 1.24 bits per heavy atom. The SMILES string of the molecule is CC(C)(C)OC(=O)C[C@@H](C#C[Si](C)(C)C)N[C@H](CO)c1ccccc1. The molecule has 1 aromatic carbocycles. The summed E-state index contributed by atoms with van der Waals surface area (Å²) in [7, 11) is -1.57. The Morgan fingerprint density at radius 3 is 2.32 bits per heavy atom. The summed E-state index contributed by atoms with van der Waals surface area (Å²) in [5.41, 5.74) is 3.75. The molecule has 0 spiro atoms. The van der Waals surface area contributed by atoms with Crippen molar-refractivity contribution in [2.24, 2.45) is 0 Å². The smallest absolute Gasteiger partial charge is 0.308 e. The number of hydrogen-bond acceptors (Lipinski definition) is 4. The van der Waals surface area contributed by atoms with Crippen LogP contribution in [0, 0.1) is 11.5 Å². The lowest BCUT2D eigenvalue weighted by atomic mass is 10.1. The van der Waals surface area contributed by atoms with Gasteiger partial charge in [-0.3, -0.25) is 10.1 Å². The third-order valence-electron chi connectivity index (χ3n) is 3.20. The highest BCUT2D eigenvalue weighted by molar-refractivity contribution is 6.83. The minimum Gasteiger partial charge on any atom is -0.460 e. The van der Waals surface area contributed by atoms with Gasteiger partial charge < -0.3 is 9.84 Å². The third kappa shape index (κ3) is 9.44. The Morgan fingerprint density at radius 2 is 1.84 bits per heavy atom. The molecular formula is C20H31NO3Si. The van der Waals surface area contributed by atoms with Crippen molar-refractivity contribution < 1.29 is 14.6 Å². The molecule has 0 bridgehead atoms. The predicted octanol–water partition coefficient (Wildman–Crippen LogP) is 3.29. The molecule has 0 unspecified atom stereocenters. The van der Waals surface area contributed by atoms with Crippen molar-refractivity contribution in [3.63, 3.8) is 0 Å². The van der Waals surface area contributed by atoms with Crippen LogP contribution in [-0.2, 0) is 9.53 Å². The zero-order valence-electron chi connectivity index (χ0n) is 16.2. The second-order valence-corrected chi connectivity index (χ2v) is 12.9. The molecule has 0 aliphatic heterocycles. The molecule has 0 aliphatic rings. The van der Waals surface area contributed by atoms with Gasteiger partial charge in [0.25, 0.3) is 0 Å². The summed E-state index contributed by atoms with van der Waals surface area (Å²) in [6.45, 7) is 12.0. The minimum absolute atomic E-state index is 0.0660. The molecule has 2 N–H and O–H groups in total. The average molecular weight is 362 g/mol. The van der Waals surface area contributed by atoms with Crippen molar-refractivity contribution in [2.45, 2.75) is 64.5 Å². The van der Waals surface area contributed by atoms with E-state index >= 15 is 0 Å². The highest BCUT2D eigenvalue weighted by Crippen LogP contribution is 2.15. The lowest BCUT2D eigenvalue weighted by Crippen LogP contribution is -2.37. The fourth-order valence-electron chi connectivity index (χ4n) is 2.19. The van der Waals surface area contributed by atoms with Crippen molar-refractivity contribution in [1.29, 1.82) is 0 Å². The summed E-state index contributed by atoms with van der Waals surface area (Å²) in [6.07, 6.45) is 0.151. The van der Waals surface area contributed by atoms with Gasteiger partial charge in [0.05, 0.1) is 25.1 Å². The lowest BCUT2D eigenvalue weighted by molar-refractivity contribution is -0.155. The van der Waals surface area contributed by atoms with E-state index < -0.39 is 13.7 Å². The highest BCUT2D eigenvalue weighted by atomic mass is 28.3. The minimum atomic E-state index is -1.57. The van der Waals surface area contributed by atoms with Gasteiger partial charge in [0.2, 0.25) is 0 Å². The molecule has 1 rings (SSSR count). The van der Waals surface area contributed by atoms with Crippen LogP contribution in [0.3, 0.4) is 0 Å². The summed E-state index contributed by atoms with van der Waals surface area (Å²) in [4.78, 5) is 12.2. The van der Waals surface area contributed by atoms with E-state index in [4.69, 9.17) is 4.74 Å². The summed E-state index contributed by atoms with van der Waals surface area (Å²) < 4.78 is 5.42. The largest absolute Gasteiger partial charge is 0.460 e. The average Bonchev–Trinajstić information content (AvgIpc) is 2.48. The number of aliphatic hydroxyl groups is 1. The van der Waals surface area contributed by atoms with E-state index in [-0.39, 0.29) is 31.1 Å². The third-order valence-corrected chi connectivity index (χ3v) is 4.09. The molecule has 25 heavy (non-hydrogen) atoms. The van der Waals surface area contributed by atoms with E-state index in [0.717, 1.165) is 5.56 Å². The van der Waals surface area contributed by atoms with Gasteiger partial charge in [0, 0.05) is 0 Å². The van der Waals surface area contributed by atoms with Crippen molar-refractivity contribution in [3.8, 4) is 11.5 Å². The van der Waals surface area contributed by atoms with Gasteiger partial charge in [-0.15, -0.1) is 5.54 Å². The molecule has 2 atom stereocenters. The Bertz CT molecular complexity index is 606. The van der Waals surface area contributed by atoms with Crippen LogP contribution in [0.15, 0.2) is 30.3 Å². The van der Waals surface area contributed by atoms with E-state index in [1.807, 2.05) is 51.1 Å². The fourth-order valence-corrected chi connectivity index (χ4v) is 2.79. The maximum absolute atomic E-state index is 12.2. The summed E-state index contributed by atoms with van der Waals surface area (Å²) in [6, 6.07) is 9.05. The van der Waals surface area contributed by atoms with Crippen molar-refractivity contribution in [1.82, 2.24) is 5.32 Å². The van der Waals surface area contributed by atoms with Crippen LogP contribution < -0.4 is 5.32 Å². The molecule has 0 aliphatic carbocycles. The first-order valence-electron chi connectivity index (χ1n) is 8.66. The molecule has 1 aromatic rings. The number of rotatable bonds is 6. The van der Waals surface area contributed by atoms with Gasteiger partial charge in [0.1, 0.15) is 13.7 Å². The Kier molecular flexibility index (Phi) is 7.87. The fraction of sp³-hybridized carbons (Fsp3) is 0.550. The van der Waals surface area contributed by atoms with E-state index in [9.17, 15) is 9.90 Å². The topological polar surface area (TPSA) is 58.6 Å². The number of benzene rings is 1. The molecule has 0 aromatic heterocycles. The highest BCUT2D eigenvalue weighted by Gasteiger charge is 2.22.